The van der Waals surface area contributed by atoms with E-state index in [-0.39, 0.29) is 10.9 Å². The molecule has 0 atom stereocenters. The smallest absolute Gasteiger partial charge is 0.136 e. The first-order valence-corrected chi connectivity index (χ1v) is 14.3. The zero-order valence-electron chi connectivity index (χ0n) is 20.0. The molecule has 2 heterocycles. The van der Waals surface area contributed by atoms with Crippen molar-refractivity contribution in [1.82, 2.24) is 4.98 Å². The summed E-state index contributed by atoms with van der Waals surface area (Å²) in [6.45, 7) is 12.7. The van der Waals surface area contributed by atoms with Gasteiger partial charge >= 0.3 is 0 Å². The number of aromatic nitrogens is 1. The summed E-state index contributed by atoms with van der Waals surface area (Å²) in [4.78, 5) is 11.8. The molecule has 0 spiro atoms. The monoisotopic (exact) mass is 455 g/mol. The Balaban J connectivity index is 1.58. The first-order valence-electron chi connectivity index (χ1n) is 11.4. The summed E-state index contributed by atoms with van der Waals surface area (Å²) in [5, 5.41) is 4.11. The van der Waals surface area contributed by atoms with Gasteiger partial charge in [0.25, 0.3) is 0 Å². The second-order valence-electron chi connectivity index (χ2n) is 10.4. The topological polar surface area (TPSA) is 47.0 Å². The number of pyridine rings is 1. The van der Waals surface area contributed by atoms with Gasteiger partial charge in [-0.15, -0.1) is 18.1 Å². The van der Waals surface area contributed by atoms with E-state index in [1.807, 2.05) is 18.2 Å². The van der Waals surface area contributed by atoms with Gasteiger partial charge in [-0.05, 0) is 38.7 Å². The molecule has 0 amide bonds. The normalized spacial score (nSPS) is 16.7. The number of oxime groups is 1. The Hall–Kier alpha value is -2.25. The number of rotatable bonds is 7. The van der Waals surface area contributed by atoms with Crippen LogP contribution in [0.25, 0.3) is 11.1 Å². The third kappa shape index (κ3) is 4.59. The average Bonchev–Trinajstić information content (AvgIpc) is 3.54. The second kappa shape index (κ2) is 8.59. The highest BCUT2D eigenvalue weighted by Gasteiger charge is 2.33. The summed E-state index contributed by atoms with van der Waals surface area (Å²) in [6, 6.07) is 7.70. The highest BCUT2D eigenvalue weighted by atomic mass is 28.4. The van der Waals surface area contributed by atoms with Crippen molar-refractivity contribution in [2.45, 2.75) is 64.3 Å². The molecule has 0 bridgehead atoms. The Bertz CT molecular complexity index is 1020. The minimum atomic E-state index is -1.96. The molecule has 1 aromatic carbocycles. The lowest BCUT2D eigenvalue weighted by atomic mass is 10.00. The summed E-state index contributed by atoms with van der Waals surface area (Å²) in [5.41, 5.74) is 4.25. The van der Waals surface area contributed by atoms with Crippen LogP contribution in [0, 0.1) is 5.82 Å². The third-order valence-electron chi connectivity index (χ3n) is 6.96. The van der Waals surface area contributed by atoms with E-state index in [9.17, 15) is 0 Å². The molecule has 32 heavy (non-hydrogen) atoms. The van der Waals surface area contributed by atoms with E-state index in [1.165, 1.54) is 5.56 Å². The molecule has 7 heteroatoms. The van der Waals surface area contributed by atoms with Gasteiger partial charge in [0.1, 0.15) is 18.7 Å². The molecule has 1 saturated heterocycles. The Morgan fingerprint density at radius 3 is 2.56 bits per heavy atom. The molecule has 2 aromatic rings. The van der Waals surface area contributed by atoms with Gasteiger partial charge in [0.05, 0.1) is 18.8 Å². The van der Waals surface area contributed by atoms with E-state index in [2.05, 4.69) is 50.0 Å². The Kier molecular flexibility index (Phi) is 6.16. The zero-order valence-corrected chi connectivity index (χ0v) is 21.0. The molecule has 1 aliphatic heterocycles. The highest BCUT2D eigenvalue weighted by Crippen LogP contribution is 2.45. The second-order valence-corrected chi connectivity index (χ2v) is 15.2. The van der Waals surface area contributed by atoms with Crippen LogP contribution in [0.1, 0.15) is 50.7 Å². The van der Waals surface area contributed by atoms with E-state index in [0.29, 0.717) is 23.7 Å². The first-order chi connectivity index (χ1) is 15.1. The van der Waals surface area contributed by atoms with Crippen LogP contribution in [-0.4, -0.2) is 39.2 Å². The number of nitrogens with zero attached hydrogens (tertiary/aromatic N) is 3. The predicted octanol–water partition coefficient (Wildman–Crippen LogP) is 6.11. The molecular weight excluding hydrogens is 421 g/mol. The minimum Gasteiger partial charge on any atom is -0.561 e. The molecule has 5 nitrogen and oxygen atoms in total. The number of benzene rings is 1. The van der Waals surface area contributed by atoms with Crippen LogP contribution in [0.15, 0.2) is 35.6 Å². The van der Waals surface area contributed by atoms with Gasteiger partial charge in [-0.25, -0.2) is 9.37 Å². The lowest BCUT2D eigenvalue weighted by molar-refractivity contribution is 0.211. The van der Waals surface area contributed by atoms with Crippen LogP contribution < -0.4 is 4.90 Å². The van der Waals surface area contributed by atoms with E-state index in [1.54, 1.807) is 13.3 Å². The molecule has 1 aliphatic carbocycles. The average molecular weight is 456 g/mol. The Labute approximate surface area is 191 Å². The van der Waals surface area contributed by atoms with Crippen LogP contribution in [0.5, 0.6) is 0 Å². The van der Waals surface area contributed by atoms with Crippen LogP contribution in [0.3, 0.4) is 0 Å². The summed E-state index contributed by atoms with van der Waals surface area (Å²) in [6.07, 6.45) is 4.12. The van der Waals surface area contributed by atoms with Gasteiger partial charge in [0, 0.05) is 29.5 Å². The molecular formula is C25H34FN3O2Si-. The lowest BCUT2D eigenvalue weighted by Crippen LogP contribution is -2.48. The SMILES string of the molecule is CON=C1CN(c2ncc(-c3cccc(CO[Si-](C)(C)C(C)(C)C)c3F)cc2C2CC2)C1. The van der Waals surface area contributed by atoms with Crippen molar-refractivity contribution >= 4 is 19.8 Å². The van der Waals surface area contributed by atoms with E-state index in [4.69, 9.17) is 14.2 Å². The number of halogens is 1. The number of anilines is 1. The Morgan fingerprint density at radius 2 is 1.94 bits per heavy atom. The predicted molar refractivity (Wildman–Crippen MR) is 130 cm³/mol. The fraction of sp³-hybridized carbons (Fsp3) is 0.520. The molecule has 0 radical (unpaired) electrons. The molecule has 2 aliphatic rings. The lowest BCUT2D eigenvalue weighted by Gasteiger charge is -2.48. The number of hydrogen-bond donors (Lipinski definition) is 0. The van der Waals surface area contributed by atoms with E-state index in [0.717, 1.165) is 43.0 Å². The zero-order chi connectivity index (χ0) is 23.1. The van der Waals surface area contributed by atoms with Crippen molar-refractivity contribution in [3.05, 3.63) is 47.4 Å². The van der Waals surface area contributed by atoms with E-state index >= 15 is 4.39 Å². The highest BCUT2D eigenvalue weighted by molar-refractivity contribution is 6.74. The summed E-state index contributed by atoms with van der Waals surface area (Å²) in [7, 11) is -0.388. The van der Waals surface area contributed by atoms with Crippen molar-refractivity contribution in [2.75, 3.05) is 25.1 Å². The summed E-state index contributed by atoms with van der Waals surface area (Å²) >= 11 is 0. The van der Waals surface area contributed by atoms with Gasteiger partial charge in [0.15, 0.2) is 0 Å². The molecule has 4 rings (SSSR count). The number of hydrogen-bond acceptors (Lipinski definition) is 5. The van der Waals surface area contributed by atoms with Crippen LogP contribution in [0.2, 0.25) is 18.1 Å². The van der Waals surface area contributed by atoms with Gasteiger partial charge in [-0.2, -0.15) is 0 Å². The van der Waals surface area contributed by atoms with Crippen LogP contribution >= 0.6 is 0 Å². The van der Waals surface area contributed by atoms with Crippen LogP contribution in [-0.2, 0) is 15.9 Å². The molecule has 173 valence electrons. The van der Waals surface area contributed by atoms with E-state index < -0.39 is 8.32 Å². The van der Waals surface area contributed by atoms with Crippen molar-refractivity contribution in [3.63, 3.8) is 0 Å². The molecule has 1 aromatic heterocycles. The third-order valence-corrected chi connectivity index (χ3v) is 11.4. The van der Waals surface area contributed by atoms with Crippen molar-refractivity contribution in [3.8, 4) is 11.1 Å². The standard InChI is InChI=1S/C25H34FN3O2Si/c1-25(2,3)32(5,6)31-16-18-8-7-9-21(23(18)26)19-12-22(17-10-11-17)24(27-13-19)29-14-20(15-29)28-30-4/h7-9,12-13,17H,10-11,14-16H2,1-6H3/q-1. The maximum atomic E-state index is 15.5. The summed E-state index contributed by atoms with van der Waals surface area (Å²) < 4.78 is 21.8. The molecule has 0 N–H and O–H groups in total. The maximum absolute atomic E-state index is 15.5. The van der Waals surface area contributed by atoms with Crippen LogP contribution in [0.4, 0.5) is 10.2 Å². The minimum absolute atomic E-state index is 0.0880. The maximum Gasteiger partial charge on any atom is 0.136 e. The fourth-order valence-corrected chi connectivity index (χ4v) is 4.65. The molecule has 0 unspecified atom stereocenters. The van der Waals surface area contributed by atoms with Crippen molar-refractivity contribution in [1.29, 1.82) is 0 Å². The van der Waals surface area contributed by atoms with Gasteiger partial charge in [0.2, 0.25) is 0 Å². The van der Waals surface area contributed by atoms with Crippen molar-refractivity contribution < 1.29 is 13.7 Å². The van der Waals surface area contributed by atoms with Crippen molar-refractivity contribution in [2.24, 2.45) is 5.16 Å². The van der Waals surface area contributed by atoms with Gasteiger partial charge in [-0.3, -0.25) is 0 Å². The molecule has 2 fully saturated rings. The molecule has 1 saturated carbocycles. The summed E-state index contributed by atoms with van der Waals surface area (Å²) in [5.74, 6) is 1.29. The fourth-order valence-electron chi connectivity index (χ4n) is 3.70. The van der Waals surface area contributed by atoms with Gasteiger partial charge < -0.3 is 14.2 Å². The largest absolute Gasteiger partial charge is 0.561 e. The Morgan fingerprint density at radius 1 is 1.22 bits per heavy atom. The quantitative estimate of drug-likeness (QED) is 0.373. The van der Waals surface area contributed by atoms with Gasteiger partial charge in [-0.1, -0.05) is 44.1 Å². The first kappa shape index (κ1) is 22.9.